The predicted octanol–water partition coefficient (Wildman–Crippen LogP) is 3.30. The van der Waals surface area contributed by atoms with Crippen molar-refractivity contribution in [3.8, 4) is 5.75 Å². The number of benzene rings is 1. The zero-order valence-corrected chi connectivity index (χ0v) is 20.6. The largest absolute Gasteiger partial charge is 0.491 e. The minimum atomic E-state index is -0.0837. The summed E-state index contributed by atoms with van der Waals surface area (Å²) in [6.45, 7) is 5.48. The molecule has 3 aliphatic heterocycles. The first-order valence-electron chi connectivity index (χ1n) is 12.2. The molecule has 1 fully saturated rings. The van der Waals surface area contributed by atoms with E-state index in [9.17, 15) is 9.59 Å². The van der Waals surface area contributed by atoms with Crippen LogP contribution >= 0.6 is 0 Å². The number of methoxy groups -OCH3 is 1. The van der Waals surface area contributed by atoms with Gasteiger partial charge >= 0.3 is 0 Å². The van der Waals surface area contributed by atoms with Crippen LogP contribution in [0.15, 0.2) is 30.3 Å². The van der Waals surface area contributed by atoms with Crippen molar-refractivity contribution in [1.29, 1.82) is 0 Å². The Labute approximate surface area is 201 Å². The Bertz CT molecular complexity index is 990. The van der Waals surface area contributed by atoms with E-state index in [-0.39, 0.29) is 17.2 Å². The van der Waals surface area contributed by atoms with E-state index < -0.39 is 0 Å². The quantitative estimate of drug-likeness (QED) is 0.691. The third kappa shape index (κ3) is 5.27. The van der Waals surface area contributed by atoms with Crippen LogP contribution in [0.5, 0.6) is 5.75 Å². The zero-order chi connectivity index (χ0) is 24.1. The van der Waals surface area contributed by atoms with Gasteiger partial charge in [-0.25, -0.2) is 0 Å². The lowest BCUT2D eigenvalue weighted by Crippen LogP contribution is -2.45. The summed E-state index contributed by atoms with van der Waals surface area (Å²) < 4.78 is 13.4. The zero-order valence-electron chi connectivity index (χ0n) is 20.6. The standard InChI is InChI=1S/C26H36N4O4/c1-20-18-22(27-28(20)2)25(32)29-13-7-6-10-26(19-33-3)11-14-30(15-12-26)24(31)21-8-4-5-9-23(21)34-17-16-29/h4-5,8-9,18H,6-7,10-17,19H2,1-3H3. The molecule has 5 rings (SSSR count). The molecule has 4 heterocycles. The number of hydrogen-bond acceptors (Lipinski definition) is 5. The predicted molar refractivity (Wildman–Crippen MR) is 129 cm³/mol. The fourth-order valence-electron chi connectivity index (χ4n) is 5.11. The number of nitrogens with zero attached hydrogens (tertiary/aromatic N) is 4. The van der Waals surface area contributed by atoms with Crippen LogP contribution in [-0.4, -0.2) is 77.9 Å². The van der Waals surface area contributed by atoms with Crippen molar-refractivity contribution >= 4 is 11.8 Å². The van der Waals surface area contributed by atoms with Crippen LogP contribution in [0, 0.1) is 12.3 Å². The topological polar surface area (TPSA) is 76.9 Å². The molecular formula is C26H36N4O4. The molecule has 184 valence electrons. The maximum Gasteiger partial charge on any atom is 0.274 e. The summed E-state index contributed by atoms with van der Waals surface area (Å²) in [5, 5.41) is 4.38. The van der Waals surface area contributed by atoms with Crippen molar-refractivity contribution in [2.75, 3.05) is 46.5 Å². The van der Waals surface area contributed by atoms with E-state index in [4.69, 9.17) is 9.47 Å². The fourth-order valence-corrected chi connectivity index (χ4v) is 5.11. The van der Waals surface area contributed by atoms with Crippen molar-refractivity contribution in [1.82, 2.24) is 19.6 Å². The van der Waals surface area contributed by atoms with E-state index in [0.29, 0.717) is 43.3 Å². The molecule has 34 heavy (non-hydrogen) atoms. The number of hydrogen-bond donors (Lipinski definition) is 0. The number of rotatable bonds is 3. The molecule has 0 N–H and O–H groups in total. The summed E-state index contributed by atoms with van der Waals surface area (Å²) in [4.78, 5) is 30.4. The number of fused-ring (bicyclic) bond motifs is 9. The second kappa shape index (κ2) is 10.6. The van der Waals surface area contributed by atoms with Gasteiger partial charge in [-0.05, 0) is 56.2 Å². The third-order valence-electron chi connectivity index (χ3n) is 7.30. The van der Waals surface area contributed by atoms with Crippen LogP contribution in [0.1, 0.15) is 58.6 Å². The van der Waals surface area contributed by atoms with Crippen molar-refractivity contribution in [2.45, 2.75) is 39.0 Å². The summed E-state index contributed by atoms with van der Waals surface area (Å²) >= 11 is 0. The van der Waals surface area contributed by atoms with Gasteiger partial charge in [0.2, 0.25) is 0 Å². The molecule has 1 saturated heterocycles. The lowest BCUT2D eigenvalue weighted by Gasteiger charge is -2.41. The smallest absolute Gasteiger partial charge is 0.274 e. The van der Waals surface area contributed by atoms with Crippen LogP contribution in [-0.2, 0) is 11.8 Å². The van der Waals surface area contributed by atoms with Gasteiger partial charge in [0.05, 0.1) is 18.7 Å². The Morgan fingerprint density at radius 1 is 1.12 bits per heavy atom. The van der Waals surface area contributed by atoms with E-state index in [1.54, 1.807) is 11.8 Å². The first-order valence-corrected chi connectivity index (χ1v) is 12.2. The minimum Gasteiger partial charge on any atom is -0.491 e. The molecule has 0 saturated carbocycles. The second-order valence-corrected chi connectivity index (χ2v) is 9.61. The third-order valence-corrected chi connectivity index (χ3v) is 7.30. The summed E-state index contributed by atoms with van der Waals surface area (Å²) in [7, 11) is 3.60. The second-order valence-electron chi connectivity index (χ2n) is 9.61. The molecule has 0 atom stereocenters. The molecule has 0 aliphatic carbocycles. The number of ether oxygens (including phenoxy) is 2. The Hall–Kier alpha value is -2.87. The molecule has 2 aromatic rings. The molecule has 0 unspecified atom stereocenters. The van der Waals surface area contributed by atoms with Gasteiger partial charge in [-0.3, -0.25) is 14.3 Å². The van der Waals surface area contributed by atoms with E-state index >= 15 is 0 Å². The van der Waals surface area contributed by atoms with Gasteiger partial charge in [-0.15, -0.1) is 0 Å². The average Bonchev–Trinajstić information content (AvgIpc) is 3.18. The number of piperidine rings is 1. The number of carbonyl (C=O) groups is 2. The molecule has 0 radical (unpaired) electrons. The molecular weight excluding hydrogens is 432 g/mol. The summed E-state index contributed by atoms with van der Waals surface area (Å²) in [5.74, 6) is 0.491. The van der Waals surface area contributed by atoms with Crippen LogP contribution in [0.3, 0.4) is 0 Å². The molecule has 1 aromatic heterocycles. The number of carbonyl (C=O) groups excluding carboxylic acids is 2. The molecule has 2 amide bonds. The van der Waals surface area contributed by atoms with Gasteiger partial charge in [-0.1, -0.05) is 18.6 Å². The Kier molecular flexibility index (Phi) is 7.56. The van der Waals surface area contributed by atoms with Crippen LogP contribution in [0.25, 0.3) is 0 Å². The maximum absolute atomic E-state index is 13.3. The van der Waals surface area contributed by atoms with E-state index in [1.807, 2.05) is 54.1 Å². The van der Waals surface area contributed by atoms with E-state index in [0.717, 1.165) is 50.9 Å². The highest BCUT2D eigenvalue weighted by atomic mass is 16.5. The fraction of sp³-hybridized carbons (Fsp3) is 0.577. The highest BCUT2D eigenvalue weighted by Gasteiger charge is 2.36. The van der Waals surface area contributed by atoms with E-state index in [2.05, 4.69) is 5.10 Å². The van der Waals surface area contributed by atoms with Crippen LogP contribution in [0.2, 0.25) is 0 Å². The number of aryl methyl sites for hydroxylation is 2. The molecule has 8 heteroatoms. The van der Waals surface area contributed by atoms with Crippen molar-refractivity contribution < 1.29 is 19.1 Å². The van der Waals surface area contributed by atoms with Gasteiger partial charge in [-0.2, -0.15) is 5.10 Å². The van der Waals surface area contributed by atoms with Crippen molar-refractivity contribution in [2.24, 2.45) is 12.5 Å². The highest BCUT2D eigenvalue weighted by Crippen LogP contribution is 2.38. The van der Waals surface area contributed by atoms with Crippen LogP contribution in [0.4, 0.5) is 0 Å². The lowest BCUT2D eigenvalue weighted by molar-refractivity contribution is 0.0136. The average molecular weight is 469 g/mol. The molecule has 8 nitrogen and oxygen atoms in total. The van der Waals surface area contributed by atoms with Gasteiger partial charge < -0.3 is 19.3 Å². The first-order chi connectivity index (χ1) is 16.4. The Balaban J connectivity index is 1.58. The van der Waals surface area contributed by atoms with Gasteiger partial charge in [0.1, 0.15) is 12.4 Å². The normalized spacial score (nSPS) is 19.2. The SMILES string of the molecule is COCC12CCCCN(C(=O)c3cc(C)n(C)n3)CCOc3ccccc3C(=O)N(CC1)CC2. The summed E-state index contributed by atoms with van der Waals surface area (Å²) in [6.07, 6.45) is 4.78. The number of aromatic nitrogens is 2. The summed E-state index contributed by atoms with van der Waals surface area (Å²) in [5.41, 5.74) is 2.05. The van der Waals surface area contributed by atoms with Crippen molar-refractivity contribution in [3.63, 3.8) is 0 Å². The summed E-state index contributed by atoms with van der Waals surface area (Å²) in [6, 6.07) is 9.23. The maximum atomic E-state index is 13.3. The molecule has 3 aliphatic rings. The highest BCUT2D eigenvalue weighted by molar-refractivity contribution is 5.97. The molecule has 2 bridgehead atoms. The van der Waals surface area contributed by atoms with Gasteiger partial charge in [0.15, 0.2) is 5.69 Å². The lowest BCUT2D eigenvalue weighted by atomic mass is 9.75. The van der Waals surface area contributed by atoms with Gasteiger partial charge in [0.25, 0.3) is 11.8 Å². The van der Waals surface area contributed by atoms with Gasteiger partial charge in [0, 0.05) is 39.5 Å². The van der Waals surface area contributed by atoms with Crippen LogP contribution < -0.4 is 4.74 Å². The Morgan fingerprint density at radius 3 is 2.59 bits per heavy atom. The Morgan fingerprint density at radius 2 is 1.88 bits per heavy atom. The van der Waals surface area contributed by atoms with Crippen molar-refractivity contribution in [3.05, 3.63) is 47.3 Å². The monoisotopic (exact) mass is 468 g/mol. The minimum absolute atomic E-state index is 0.00776. The first kappa shape index (κ1) is 24.3. The molecule has 1 aromatic carbocycles. The number of para-hydroxylation sites is 1. The number of amides is 2. The van der Waals surface area contributed by atoms with E-state index in [1.165, 1.54) is 0 Å². The molecule has 0 spiro atoms.